The Kier molecular flexibility index (Phi) is 6.53. The number of nitrogens with zero attached hydrogens (tertiary/aromatic N) is 1. The first kappa shape index (κ1) is 25.9. The summed E-state index contributed by atoms with van der Waals surface area (Å²) in [6.07, 6.45) is 1.27. The van der Waals surface area contributed by atoms with Gasteiger partial charge in [-0.2, -0.15) is 8.42 Å². The van der Waals surface area contributed by atoms with Gasteiger partial charge in [0.1, 0.15) is 10.5 Å². The number of barbiturate groups is 1. The van der Waals surface area contributed by atoms with Gasteiger partial charge in [0.15, 0.2) is 5.75 Å². The Balaban J connectivity index is 1.66. The second-order valence-electron chi connectivity index (χ2n) is 9.23. The molecule has 0 atom stereocenters. The van der Waals surface area contributed by atoms with E-state index in [1.165, 1.54) is 24.3 Å². The van der Waals surface area contributed by atoms with Gasteiger partial charge in [-0.3, -0.25) is 14.9 Å². The van der Waals surface area contributed by atoms with Crippen molar-refractivity contribution >= 4 is 50.5 Å². The van der Waals surface area contributed by atoms with Crippen LogP contribution in [0.5, 0.6) is 5.75 Å². The third-order valence-corrected chi connectivity index (χ3v) is 7.90. The minimum absolute atomic E-state index is 0.0435. The van der Waals surface area contributed by atoms with E-state index >= 15 is 0 Å². The smallest absolute Gasteiger partial charge is 0.339 e. The van der Waals surface area contributed by atoms with Crippen LogP contribution in [-0.4, -0.2) is 26.3 Å². The molecule has 1 heterocycles. The maximum atomic E-state index is 13.6. The van der Waals surface area contributed by atoms with Gasteiger partial charge >= 0.3 is 16.1 Å². The van der Waals surface area contributed by atoms with Gasteiger partial charge in [-0.25, -0.2) is 9.69 Å². The molecule has 1 aliphatic rings. The number of carbonyl (C=O) groups excluding carboxylic acids is 3. The molecule has 4 aromatic rings. The molecule has 1 N–H and O–H groups in total. The predicted molar refractivity (Wildman–Crippen MR) is 148 cm³/mol. The van der Waals surface area contributed by atoms with Gasteiger partial charge in [0.25, 0.3) is 11.8 Å². The van der Waals surface area contributed by atoms with E-state index < -0.39 is 28.0 Å². The van der Waals surface area contributed by atoms with E-state index in [9.17, 15) is 22.8 Å². The SMILES string of the molecule is Cc1ccc(S(=O)(=O)Oc2ccc3ccccc3c2/C=C2\C(=O)NC(=O)N(c3cccc(C)c3C)C2=O)cc1. The summed E-state index contributed by atoms with van der Waals surface area (Å²) in [5.41, 5.74) is 2.65. The van der Waals surface area contributed by atoms with Crippen molar-refractivity contribution in [2.24, 2.45) is 0 Å². The molecule has 4 amide bonds. The highest BCUT2D eigenvalue weighted by molar-refractivity contribution is 7.87. The molecule has 0 saturated carbocycles. The highest BCUT2D eigenvalue weighted by Gasteiger charge is 2.38. The highest BCUT2D eigenvalue weighted by atomic mass is 32.2. The Morgan fingerprint density at radius 1 is 0.821 bits per heavy atom. The van der Waals surface area contributed by atoms with E-state index in [0.717, 1.165) is 21.4 Å². The van der Waals surface area contributed by atoms with Crippen LogP contribution in [0.4, 0.5) is 10.5 Å². The minimum atomic E-state index is -4.24. The largest absolute Gasteiger partial charge is 0.378 e. The van der Waals surface area contributed by atoms with E-state index in [0.29, 0.717) is 16.6 Å². The topological polar surface area (TPSA) is 110 Å². The number of fused-ring (bicyclic) bond motifs is 1. The Bertz CT molecular complexity index is 1810. The number of benzene rings is 4. The monoisotopic (exact) mass is 540 g/mol. The maximum Gasteiger partial charge on any atom is 0.339 e. The number of nitrogens with one attached hydrogen (secondary N) is 1. The first-order valence-electron chi connectivity index (χ1n) is 12.1. The molecule has 0 unspecified atom stereocenters. The van der Waals surface area contributed by atoms with Crippen molar-refractivity contribution in [3.8, 4) is 5.75 Å². The maximum absolute atomic E-state index is 13.6. The summed E-state index contributed by atoms with van der Waals surface area (Å²) in [4.78, 5) is 40.2. The molecule has 1 fully saturated rings. The van der Waals surface area contributed by atoms with Crippen LogP contribution in [0.3, 0.4) is 0 Å². The highest BCUT2D eigenvalue weighted by Crippen LogP contribution is 2.34. The summed E-state index contributed by atoms with van der Waals surface area (Å²) in [6, 6.07) is 20.8. The molecule has 8 nitrogen and oxygen atoms in total. The number of amides is 4. The number of hydrogen-bond donors (Lipinski definition) is 1. The predicted octanol–water partition coefficient (Wildman–Crippen LogP) is 5.20. The lowest BCUT2D eigenvalue weighted by Crippen LogP contribution is -2.54. The molecule has 39 heavy (non-hydrogen) atoms. The number of urea groups is 1. The first-order valence-corrected chi connectivity index (χ1v) is 13.5. The zero-order valence-electron chi connectivity index (χ0n) is 21.4. The van der Waals surface area contributed by atoms with Crippen LogP contribution in [-0.2, 0) is 19.7 Å². The van der Waals surface area contributed by atoms with E-state index in [1.54, 1.807) is 49.4 Å². The normalized spacial score (nSPS) is 15.1. The number of hydrogen-bond acceptors (Lipinski definition) is 6. The van der Waals surface area contributed by atoms with Crippen LogP contribution in [0.15, 0.2) is 89.3 Å². The third-order valence-electron chi connectivity index (χ3n) is 6.65. The van der Waals surface area contributed by atoms with E-state index in [-0.39, 0.29) is 21.8 Å². The number of anilines is 1. The lowest BCUT2D eigenvalue weighted by atomic mass is 9.99. The summed E-state index contributed by atoms with van der Waals surface area (Å²) >= 11 is 0. The van der Waals surface area contributed by atoms with Crippen LogP contribution >= 0.6 is 0 Å². The van der Waals surface area contributed by atoms with E-state index in [2.05, 4.69) is 5.32 Å². The van der Waals surface area contributed by atoms with Crippen LogP contribution in [0.2, 0.25) is 0 Å². The van der Waals surface area contributed by atoms with Crippen LogP contribution in [0.1, 0.15) is 22.3 Å². The molecule has 1 saturated heterocycles. The molecule has 4 aromatic carbocycles. The van der Waals surface area contributed by atoms with Gasteiger partial charge in [-0.1, -0.05) is 60.2 Å². The van der Waals surface area contributed by atoms with Crippen molar-refractivity contribution in [1.82, 2.24) is 5.32 Å². The lowest BCUT2D eigenvalue weighted by Gasteiger charge is -2.28. The van der Waals surface area contributed by atoms with Crippen molar-refractivity contribution in [2.75, 3.05) is 4.90 Å². The molecule has 196 valence electrons. The fourth-order valence-electron chi connectivity index (χ4n) is 4.37. The first-order chi connectivity index (χ1) is 18.6. The van der Waals surface area contributed by atoms with Crippen molar-refractivity contribution in [2.45, 2.75) is 25.7 Å². The Labute approximate surface area is 225 Å². The number of imide groups is 2. The minimum Gasteiger partial charge on any atom is -0.378 e. The molecule has 0 aromatic heterocycles. The van der Waals surface area contributed by atoms with Crippen LogP contribution < -0.4 is 14.4 Å². The Morgan fingerprint density at radius 3 is 2.28 bits per heavy atom. The van der Waals surface area contributed by atoms with Crippen LogP contribution in [0.25, 0.3) is 16.8 Å². The average Bonchev–Trinajstić information content (AvgIpc) is 2.89. The second-order valence-corrected chi connectivity index (χ2v) is 10.8. The van der Waals surface area contributed by atoms with Gasteiger partial charge < -0.3 is 4.18 Å². The van der Waals surface area contributed by atoms with E-state index in [4.69, 9.17) is 4.18 Å². The van der Waals surface area contributed by atoms with Gasteiger partial charge in [0.05, 0.1) is 5.69 Å². The fourth-order valence-corrected chi connectivity index (χ4v) is 5.31. The van der Waals surface area contributed by atoms with Crippen molar-refractivity contribution in [3.05, 3.63) is 107 Å². The summed E-state index contributed by atoms with van der Waals surface area (Å²) in [5, 5.41) is 3.51. The number of rotatable bonds is 5. The molecule has 9 heteroatoms. The molecule has 5 rings (SSSR count). The molecular formula is C30H24N2O6S. The number of carbonyl (C=O) groups is 3. The molecule has 0 spiro atoms. The standard InChI is InChI=1S/C30H24N2O6S/c1-18-11-14-22(15-12-18)39(36,37)38-27-16-13-21-8-4-5-9-23(21)24(27)17-25-28(33)31-30(35)32(29(25)34)26-10-6-7-19(2)20(26)3/h4-17H,1-3H3,(H,31,33,35)/b25-17+. The summed E-state index contributed by atoms with van der Waals surface area (Å²) in [7, 11) is -4.24. The molecule has 0 bridgehead atoms. The fraction of sp³-hybridized carbons (Fsp3) is 0.100. The summed E-state index contributed by atoms with van der Waals surface area (Å²) in [6.45, 7) is 5.46. The molecular weight excluding hydrogens is 516 g/mol. The molecule has 0 radical (unpaired) electrons. The average molecular weight is 541 g/mol. The lowest BCUT2D eigenvalue weighted by molar-refractivity contribution is -0.122. The Hall–Kier alpha value is -4.76. The number of aryl methyl sites for hydroxylation is 2. The summed E-state index contributed by atoms with van der Waals surface area (Å²) < 4.78 is 31.8. The zero-order valence-corrected chi connectivity index (χ0v) is 22.2. The third kappa shape index (κ3) is 4.80. The van der Waals surface area contributed by atoms with Crippen molar-refractivity contribution in [1.29, 1.82) is 0 Å². The quantitative estimate of drug-likeness (QED) is 0.212. The summed E-state index contributed by atoms with van der Waals surface area (Å²) in [5.74, 6) is -1.80. The second kappa shape index (κ2) is 9.85. The zero-order chi connectivity index (χ0) is 27.9. The van der Waals surface area contributed by atoms with Gasteiger partial charge in [0, 0.05) is 5.56 Å². The molecule has 1 aliphatic heterocycles. The van der Waals surface area contributed by atoms with Crippen LogP contribution in [0, 0.1) is 20.8 Å². The van der Waals surface area contributed by atoms with E-state index in [1.807, 2.05) is 32.0 Å². The van der Waals surface area contributed by atoms with Crippen molar-refractivity contribution in [3.63, 3.8) is 0 Å². The Morgan fingerprint density at radius 2 is 1.54 bits per heavy atom. The van der Waals surface area contributed by atoms with Gasteiger partial charge in [-0.15, -0.1) is 0 Å². The van der Waals surface area contributed by atoms with Gasteiger partial charge in [0.2, 0.25) is 0 Å². The molecule has 0 aliphatic carbocycles. The van der Waals surface area contributed by atoms with Crippen molar-refractivity contribution < 1.29 is 27.0 Å². The van der Waals surface area contributed by atoms with Gasteiger partial charge in [-0.05, 0) is 73.0 Å².